The third-order valence-corrected chi connectivity index (χ3v) is 2.44. The molecule has 5 heteroatoms. The van der Waals surface area contributed by atoms with E-state index < -0.39 is 0 Å². The summed E-state index contributed by atoms with van der Waals surface area (Å²) in [5.41, 5.74) is 1.25. The zero-order valence-electron chi connectivity index (χ0n) is 10.4. The lowest BCUT2D eigenvalue weighted by Gasteiger charge is -2.09. The van der Waals surface area contributed by atoms with E-state index in [0.29, 0.717) is 17.0 Å². The van der Waals surface area contributed by atoms with Crippen LogP contribution in [-0.2, 0) is 4.79 Å². The van der Waals surface area contributed by atoms with Gasteiger partial charge in [-0.05, 0) is 42.8 Å². The molecule has 0 atom stereocenters. The van der Waals surface area contributed by atoms with Crippen molar-refractivity contribution in [2.75, 3.05) is 11.9 Å². The molecule has 0 fully saturated rings. The second kappa shape index (κ2) is 5.95. The van der Waals surface area contributed by atoms with Gasteiger partial charge in [0.1, 0.15) is 11.6 Å². The second-order valence-corrected chi connectivity index (χ2v) is 3.99. The molecular weight excluding hydrogens is 247 g/mol. The van der Waals surface area contributed by atoms with Crippen LogP contribution in [0.2, 0.25) is 0 Å². The Morgan fingerprint density at radius 3 is 2.95 bits per heavy atom. The van der Waals surface area contributed by atoms with Gasteiger partial charge in [0.05, 0.1) is 11.9 Å². The summed E-state index contributed by atoms with van der Waals surface area (Å²) in [6.45, 7) is 1.58. The molecule has 0 aliphatic carbocycles. The van der Waals surface area contributed by atoms with Crippen LogP contribution in [0.4, 0.5) is 10.1 Å². The number of anilines is 1. The summed E-state index contributed by atoms with van der Waals surface area (Å²) >= 11 is 0. The van der Waals surface area contributed by atoms with Crippen molar-refractivity contribution in [1.29, 1.82) is 0 Å². The van der Waals surface area contributed by atoms with E-state index in [1.165, 1.54) is 18.2 Å². The number of aryl methyl sites for hydroxylation is 1. The van der Waals surface area contributed by atoms with E-state index in [0.717, 1.165) is 0 Å². The summed E-state index contributed by atoms with van der Waals surface area (Å²) in [6, 6.07) is 7.60. The third kappa shape index (κ3) is 3.77. The molecule has 19 heavy (non-hydrogen) atoms. The molecule has 2 rings (SSSR count). The van der Waals surface area contributed by atoms with Gasteiger partial charge in [-0.1, -0.05) is 0 Å². The van der Waals surface area contributed by atoms with Crippen molar-refractivity contribution in [1.82, 2.24) is 4.98 Å². The highest BCUT2D eigenvalue weighted by Gasteiger charge is 2.06. The van der Waals surface area contributed by atoms with Crippen molar-refractivity contribution >= 4 is 11.6 Å². The van der Waals surface area contributed by atoms with Gasteiger partial charge in [0.2, 0.25) is 0 Å². The summed E-state index contributed by atoms with van der Waals surface area (Å²) in [5.74, 6) is -0.135. The maximum Gasteiger partial charge on any atom is 0.262 e. The molecular formula is C14H13FN2O2. The third-order valence-electron chi connectivity index (χ3n) is 2.44. The minimum absolute atomic E-state index is 0.138. The summed E-state index contributed by atoms with van der Waals surface area (Å²) in [6.07, 6.45) is 3.16. The van der Waals surface area contributed by atoms with Gasteiger partial charge in [0.25, 0.3) is 5.91 Å². The molecule has 4 nitrogen and oxygen atoms in total. The Kier molecular flexibility index (Phi) is 4.07. The molecule has 1 amide bonds. The van der Waals surface area contributed by atoms with Crippen LogP contribution in [0, 0.1) is 12.7 Å². The fourth-order valence-corrected chi connectivity index (χ4v) is 1.55. The fraction of sp³-hybridized carbons (Fsp3) is 0.143. The molecule has 0 saturated carbocycles. The summed E-state index contributed by atoms with van der Waals surface area (Å²) < 4.78 is 18.2. The number of hydrogen-bond acceptors (Lipinski definition) is 3. The van der Waals surface area contributed by atoms with Crippen LogP contribution in [0.5, 0.6) is 5.75 Å². The molecule has 2 aromatic rings. The maximum atomic E-state index is 12.9. The first-order valence-corrected chi connectivity index (χ1v) is 5.74. The Balaban J connectivity index is 1.90. The van der Waals surface area contributed by atoms with Gasteiger partial charge >= 0.3 is 0 Å². The number of aromatic nitrogens is 1. The average molecular weight is 260 g/mol. The predicted molar refractivity (Wildman–Crippen MR) is 69.5 cm³/mol. The van der Waals surface area contributed by atoms with Gasteiger partial charge in [0.15, 0.2) is 6.61 Å². The Labute approximate surface area is 110 Å². The van der Waals surface area contributed by atoms with Crippen molar-refractivity contribution in [2.45, 2.75) is 6.92 Å². The number of carbonyl (C=O) groups excluding carboxylic acids is 1. The maximum absolute atomic E-state index is 12.9. The van der Waals surface area contributed by atoms with E-state index in [1.54, 1.807) is 31.5 Å². The lowest BCUT2D eigenvalue weighted by atomic mass is 10.2. The molecule has 1 heterocycles. The van der Waals surface area contributed by atoms with E-state index in [1.807, 2.05) is 0 Å². The van der Waals surface area contributed by atoms with Gasteiger partial charge in [-0.25, -0.2) is 4.39 Å². The number of ether oxygens (including phenoxy) is 1. The number of amides is 1. The standard InChI is InChI=1S/C14H13FN2O2/c1-10-7-11(15)4-5-13(10)19-9-14(18)17-12-3-2-6-16-8-12/h2-8H,9H2,1H3,(H,17,18). The van der Waals surface area contributed by atoms with E-state index in [2.05, 4.69) is 10.3 Å². The number of rotatable bonds is 4. The second-order valence-electron chi connectivity index (χ2n) is 3.99. The van der Waals surface area contributed by atoms with Crippen molar-refractivity contribution < 1.29 is 13.9 Å². The molecule has 0 unspecified atom stereocenters. The van der Waals surface area contributed by atoms with Crippen LogP contribution in [0.15, 0.2) is 42.7 Å². The molecule has 0 bridgehead atoms. The van der Waals surface area contributed by atoms with Gasteiger partial charge in [-0.15, -0.1) is 0 Å². The van der Waals surface area contributed by atoms with Crippen LogP contribution in [0.25, 0.3) is 0 Å². The highest BCUT2D eigenvalue weighted by Crippen LogP contribution is 2.18. The van der Waals surface area contributed by atoms with Crippen LogP contribution in [0.1, 0.15) is 5.56 Å². The Hall–Kier alpha value is -2.43. The quantitative estimate of drug-likeness (QED) is 0.919. The molecule has 98 valence electrons. The molecule has 0 saturated heterocycles. The molecule has 0 spiro atoms. The summed E-state index contributed by atoms with van der Waals surface area (Å²) in [5, 5.41) is 2.64. The highest BCUT2D eigenvalue weighted by atomic mass is 19.1. The molecule has 1 aromatic heterocycles. The molecule has 0 aliphatic heterocycles. The number of pyridine rings is 1. The lowest BCUT2D eigenvalue weighted by molar-refractivity contribution is -0.118. The van der Waals surface area contributed by atoms with Crippen molar-refractivity contribution in [3.63, 3.8) is 0 Å². The molecule has 0 radical (unpaired) electrons. The number of nitrogens with one attached hydrogen (secondary N) is 1. The Bertz CT molecular complexity index is 573. The number of benzene rings is 1. The zero-order chi connectivity index (χ0) is 13.7. The molecule has 1 aromatic carbocycles. The van der Waals surface area contributed by atoms with Crippen molar-refractivity contribution in [3.8, 4) is 5.75 Å². The van der Waals surface area contributed by atoms with Crippen LogP contribution in [-0.4, -0.2) is 17.5 Å². The summed E-state index contributed by atoms with van der Waals surface area (Å²) in [7, 11) is 0. The van der Waals surface area contributed by atoms with Gasteiger partial charge in [-0.3, -0.25) is 9.78 Å². The Morgan fingerprint density at radius 1 is 1.42 bits per heavy atom. The number of carbonyl (C=O) groups is 1. The number of hydrogen-bond donors (Lipinski definition) is 1. The highest BCUT2D eigenvalue weighted by molar-refractivity contribution is 5.91. The lowest BCUT2D eigenvalue weighted by Crippen LogP contribution is -2.20. The summed E-state index contributed by atoms with van der Waals surface area (Å²) in [4.78, 5) is 15.5. The average Bonchev–Trinajstić information content (AvgIpc) is 2.39. The first-order valence-electron chi connectivity index (χ1n) is 5.74. The molecule has 0 aliphatic rings. The van der Waals surface area contributed by atoms with Crippen LogP contribution >= 0.6 is 0 Å². The molecule has 1 N–H and O–H groups in total. The van der Waals surface area contributed by atoms with E-state index in [9.17, 15) is 9.18 Å². The van der Waals surface area contributed by atoms with E-state index in [-0.39, 0.29) is 18.3 Å². The largest absolute Gasteiger partial charge is 0.483 e. The minimum Gasteiger partial charge on any atom is -0.483 e. The predicted octanol–water partition coefficient (Wildman–Crippen LogP) is 2.55. The zero-order valence-corrected chi connectivity index (χ0v) is 10.4. The van der Waals surface area contributed by atoms with Crippen LogP contribution < -0.4 is 10.1 Å². The first-order chi connectivity index (χ1) is 9.15. The van der Waals surface area contributed by atoms with Gasteiger partial charge in [0, 0.05) is 6.20 Å². The first kappa shape index (κ1) is 13.0. The van der Waals surface area contributed by atoms with E-state index in [4.69, 9.17) is 4.74 Å². The topological polar surface area (TPSA) is 51.2 Å². The fourth-order valence-electron chi connectivity index (χ4n) is 1.55. The SMILES string of the molecule is Cc1cc(F)ccc1OCC(=O)Nc1cccnc1. The van der Waals surface area contributed by atoms with E-state index >= 15 is 0 Å². The Morgan fingerprint density at radius 2 is 2.26 bits per heavy atom. The van der Waals surface area contributed by atoms with Gasteiger partial charge in [-0.2, -0.15) is 0 Å². The number of nitrogens with zero attached hydrogens (tertiary/aromatic N) is 1. The van der Waals surface area contributed by atoms with Gasteiger partial charge < -0.3 is 10.1 Å². The smallest absolute Gasteiger partial charge is 0.262 e. The van der Waals surface area contributed by atoms with Crippen LogP contribution in [0.3, 0.4) is 0 Å². The van der Waals surface area contributed by atoms with Crippen molar-refractivity contribution in [3.05, 3.63) is 54.1 Å². The van der Waals surface area contributed by atoms with Crippen molar-refractivity contribution in [2.24, 2.45) is 0 Å². The normalized spacial score (nSPS) is 10.0. The minimum atomic E-state index is -0.329. The number of halogens is 1. The monoisotopic (exact) mass is 260 g/mol.